The number of aromatic nitrogens is 4. The molecular weight excluding hydrogens is 516 g/mol. The number of hydrogen-bond acceptors (Lipinski definition) is 7. The second kappa shape index (κ2) is 12.7. The van der Waals surface area contributed by atoms with Crippen molar-refractivity contribution in [3.63, 3.8) is 0 Å². The molecule has 4 aromatic rings. The molecule has 2 aromatic heterocycles. The lowest BCUT2D eigenvalue weighted by molar-refractivity contribution is -0.113. The van der Waals surface area contributed by atoms with E-state index in [1.807, 2.05) is 73.9 Å². The predicted molar refractivity (Wildman–Crippen MR) is 153 cm³/mol. The quantitative estimate of drug-likeness (QED) is 0.183. The van der Waals surface area contributed by atoms with E-state index in [4.69, 9.17) is 0 Å². The highest BCUT2D eigenvalue weighted by atomic mass is 32.2. The Labute approximate surface area is 230 Å². The number of hydrogen-bond donors (Lipinski definition) is 2. The first-order valence-corrected chi connectivity index (χ1v) is 14.0. The average molecular weight is 547 g/mol. The Balaban J connectivity index is 1.45. The van der Waals surface area contributed by atoms with Gasteiger partial charge in [0.1, 0.15) is 0 Å². The Morgan fingerprint density at radius 2 is 1.76 bits per heavy atom. The van der Waals surface area contributed by atoms with Crippen LogP contribution in [0.3, 0.4) is 0 Å². The minimum atomic E-state index is -0.368. The molecule has 1 atom stereocenters. The molecule has 0 saturated heterocycles. The standard InChI is InChI=1S/C28H30N6O2S2/c1-5-16-34-25(23(18(2)3)30-26(36)21-14-10-7-11-15-21)32-33-28(34)37-17-22(35)29-27-31-24(19(4)38-27)20-12-8-6-9-13-20/h5-15,18,23H,1,16-17H2,2-4H3,(H,30,36)(H,29,31,35)/t23-/m1/s1. The van der Waals surface area contributed by atoms with Gasteiger partial charge < -0.3 is 15.2 Å². The summed E-state index contributed by atoms with van der Waals surface area (Å²) in [5.74, 6) is 0.450. The molecule has 0 aliphatic heterocycles. The Hall–Kier alpha value is -3.76. The van der Waals surface area contributed by atoms with Gasteiger partial charge in [0.25, 0.3) is 5.91 Å². The number of nitrogens with zero attached hydrogens (tertiary/aromatic N) is 4. The van der Waals surface area contributed by atoms with Crippen molar-refractivity contribution < 1.29 is 9.59 Å². The summed E-state index contributed by atoms with van der Waals surface area (Å²) in [4.78, 5) is 31.3. The van der Waals surface area contributed by atoms with Gasteiger partial charge in [0.05, 0.1) is 17.5 Å². The molecule has 0 spiro atoms. The number of carbonyl (C=O) groups excluding carboxylic acids is 2. The van der Waals surface area contributed by atoms with Gasteiger partial charge in [-0.1, -0.05) is 80.2 Å². The van der Waals surface area contributed by atoms with Gasteiger partial charge in [-0.25, -0.2) is 4.98 Å². The van der Waals surface area contributed by atoms with E-state index >= 15 is 0 Å². The number of rotatable bonds is 11. The maximum Gasteiger partial charge on any atom is 0.251 e. The number of allylic oxidation sites excluding steroid dienone is 1. The van der Waals surface area contributed by atoms with Crippen molar-refractivity contribution in [2.75, 3.05) is 11.1 Å². The van der Waals surface area contributed by atoms with Gasteiger partial charge in [0.2, 0.25) is 5.91 Å². The highest BCUT2D eigenvalue weighted by Gasteiger charge is 2.26. The van der Waals surface area contributed by atoms with Crippen LogP contribution in [0.2, 0.25) is 0 Å². The Morgan fingerprint density at radius 1 is 1.08 bits per heavy atom. The monoisotopic (exact) mass is 546 g/mol. The molecule has 0 aliphatic rings. The highest BCUT2D eigenvalue weighted by Crippen LogP contribution is 2.31. The Morgan fingerprint density at radius 3 is 2.42 bits per heavy atom. The number of amides is 2. The van der Waals surface area contributed by atoms with Gasteiger partial charge in [-0.3, -0.25) is 9.59 Å². The van der Waals surface area contributed by atoms with Crippen molar-refractivity contribution in [1.82, 2.24) is 25.1 Å². The lowest BCUT2D eigenvalue weighted by Gasteiger charge is -2.22. The highest BCUT2D eigenvalue weighted by molar-refractivity contribution is 7.99. The maximum absolute atomic E-state index is 12.9. The first-order valence-electron chi connectivity index (χ1n) is 12.2. The van der Waals surface area contributed by atoms with Crippen molar-refractivity contribution in [3.8, 4) is 11.3 Å². The number of anilines is 1. The van der Waals surface area contributed by atoms with Gasteiger partial charge in [-0.05, 0) is 25.0 Å². The van der Waals surface area contributed by atoms with Crippen molar-refractivity contribution in [2.45, 2.75) is 38.5 Å². The first kappa shape index (κ1) is 27.3. The fourth-order valence-corrected chi connectivity index (χ4v) is 5.49. The first-order chi connectivity index (χ1) is 18.4. The lowest BCUT2D eigenvalue weighted by atomic mass is 10.0. The molecule has 0 radical (unpaired) electrons. The molecule has 196 valence electrons. The van der Waals surface area contributed by atoms with Crippen LogP contribution in [-0.2, 0) is 11.3 Å². The van der Waals surface area contributed by atoms with Gasteiger partial charge >= 0.3 is 0 Å². The second-order valence-corrected chi connectivity index (χ2v) is 11.1. The van der Waals surface area contributed by atoms with Gasteiger partial charge in [-0.15, -0.1) is 28.1 Å². The fraction of sp³-hybridized carbons (Fsp3) is 0.250. The second-order valence-electron chi connectivity index (χ2n) is 8.93. The molecule has 0 saturated carbocycles. The zero-order valence-electron chi connectivity index (χ0n) is 21.5. The number of aryl methyl sites for hydroxylation is 1. The third kappa shape index (κ3) is 6.56. The van der Waals surface area contributed by atoms with Crippen LogP contribution in [0.1, 0.15) is 40.9 Å². The van der Waals surface area contributed by atoms with E-state index in [1.165, 1.54) is 23.1 Å². The minimum Gasteiger partial charge on any atom is -0.342 e. The fourth-order valence-electron chi connectivity index (χ4n) is 3.88. The molecule has 4 rings (SSSR count). The predicted octanol–water partition coefficient (Wildman–Crippen LogP) is 5.75. The van der Waals surface area contributed by atoms with Gasteiger partial charge in [0, 0.05) is 22.5 Å². The van der Waals surface area contributed by atoms with Crippen molar-refractivity contribution in [2.24, 2.45) is 5.92 Å². The molecule has 0 bridgehead atoms. The van der Waals surface area contributed by atoms with Crippen LogP contribution >= 0.6 is 23.1 Å². The van der Waals surface area contributed by atoms with Gasteiger partial charge in [-0.2, -0.15) is 0 Å². The number of nitrogens with one attached hydrogen (secondary N) is 2. The molecule has 2 heterocycles. The van der Waals surface area contributed by atoms with E-state index in [-0.39, 0.29) is 29.5 Å². The summed E-state index contributed by atoms with van der Waals surface area (Å²) >= 11 is 2.73. The zero-order chi connectivity index (χ0) is 27.1. The largest absolute Gasteiger partial charge is 0.342 e. The molecule has 0 fully saturated rings. The smallest absolute Gasteiger partial charge is 0.251 e. The third-order valence-corrected chi connectivity index (χ3v) is 7.60. The van der Waals surface area contributed by atoms with Crippen molar-refractivity contribution in [3.05, 3.63) is 89.6 Å². The minimum absolute atomic E-state index is 0.0588. The average Bonchev–Trinajstić information content (AvgIpc) is 3.49. The van der Waals surface area contributed by atoms with Crippen LogP contribution in [0.5, 0.6) is 0 Å². The van der Waals surface area contributed by atoms with E-state index in [2.05, 4.69) is 32.4 Å². The molecule has 8 nitrogen and oxygen atoms in total. The molecular formula is C28H30N6O2S2. The Kier molecular flexibility index (Phi) is 9.09. The van der Waals surface area contributed by atoms with Crippen LogP contribution < -0.4 is 10.6 Å². The molecule has 2 aromatic carbocycles. The summed E-state index contributed by atoms with van der Waals surface area (Å²) in [6.45, 7) is 10.3. The summed E-state index contributed by atoms with van der Waals surface area (Å²) in [6.07, 6.45) is 1.75. The van der Waals surface area contributed by atoms with E-state index in [0.717, 1.165) is 16.1 Å². The molecule has 38 heavy (non-hydrogen) atoms. The lowest BCUT2D eigenvalue weighted by Crippen LogP contribution is -2.33. The van der Waals surface area contributed by atoms with E-state index < -0.39 is 0 Å². The van der Waals surface area contributed by atoms with Crippen LogP contribution in [0.4, 0.5) is 5.13 Å². The number of carbonyl (C=O) groups is 2. The maximum atomic E-state index is 12.9. The summed E-state index contributed by atoms with van der Waals surface area (Å²) in [6, 6.07) is 18.6. The molecule has 0 unspecified atom stereocenters. The van der Waals surface area contributed by atoms with Crippen LogP contribution in [-0.4, -0.2) is 37.3 Å². The van der Waals surface area contributed by atoms with E-state index in [0.29, 0.717) is 28.2 Å². The van der Waals surface area contributed by atoms with Crippen LogP contribution in [0.15, 0.2) is 78.5 Å². The topological polar surface area (TPSA) is 102 Å². The summed E-state index contributed by atoms with van der Waals surface area (Å²) in [5.41, 5.74) is 2.46. The van der Waals surface area contributed by atoms with E-state index in [1.54, 1.807) is 18.2 Å². The Bertz CT molecular complexity index is 1400. The molecule has 10 heteroatoms. The molecule has 2 amide bonds. The SMILES string of the molecule is C=CCn1c(SCC(=O)Nc2nc(-c3ccccc3)c(C)s2)nnc1[C@H](NC(=O)c1ccccc1)C(C)C. The van der Waals surface area contributed by atoms with Crippen LogP contribution in [0.25, 0.3) is 11.3 Å². The summed E-state index contributed by atoms with van der Waals surface area (Å²) < 4.78 is 1.89. The number of benzene rings is 2. The molecule has 0 aliphatic carbocycles. The number of thiazole rings is 1. The van der Waals surface area contributed by atoms with Crippen molar-refractivity contribution >= 4 is 40.0 Å². The van der Waals surface area contributed by atoms with Crippen LogP contribution in [0, 0.1) is 12.8 Å². The number of thioether (sulfide) groups is 1. The molecule has 2 N–H and O–H groups in total. The third-order valence-electron chi connectivity index (χ3n) is 5.75. The van der Waals surface area contributed by atoms with E-state index in [9.17, 15) is 9.59 Å². The van der Waals surface area contributed by atoms with Gasteiger partial charge in [0.15, 0.2) is 16.1 Å². The normalized spacial score (nSPS) is 11.8. The zero-order valence-corrected chi connectivity index (χ0v) is 23.2. The van der Waals surface area contributed by atoms with Crippen molar-refractivity contribution in [1.29, 1.82) is 0 Å². The summed E-state index contributed by atoms with van der Waals surface area (Å²) in [7, 11) is 0. The summed E-state index contributed by atoms with van der Waals surface area (Å²) in [5, 5.41) is 15.9.